The van der Waals surface area contributed by atoms with Crippen LogP contribution in [0.15, 0.2) is 71.8 Å². The van der Waals surface area contributed by atoms with E-state index in [1.807, 2.05) is 24.3 Å². The lowest BCUT2D eigenvalue weighted by atomic mass is 9.93. The van der Waals surface area contributed by atoms with E-state index >= 15 is 0 Å². The van der Waals surface area contributed by atoms with Crippen LogP contribution in [-0.4, -0.2) is 181 Å². The fourth-order valence-electron chi connectivity index (χ4n) is 6.77. The fourth-order valence-corrected chi connectivity index (χ4v) is 8.73. The number of nitrogens with two attached hydrogens (primary N) is 3. The number of nitrogens with zero attached hydrogens (tertiary/aromatic N) is 3. The van der Waals surface area contributed by atoms with Crippen LogP contribution >= 0.6 is 21.6 Å². The van der Waals surface area contributed by atoms with Gasteiger partial charge in [0.1, 0.15) is 48.9 Å². The Morgan fingerprint density at radius 2 is 1.14 bits per heavy atom. The Bertz CT molecular complexity index is 3110. The second-order valence-electron chi connectivity index (χ2n) is 19.4. The highest BCUT2D eigenvalue weighted by molar-refractivity contribution is 8.77. The van der Waals surface area contributed by atoms with Crippen molar-refractivity contribution < 1.29 is 131 Å². The second kappa shape index (κ2) is 35.8. The zero-order valence-corrected chi connectivity index (χ0v) is 50.4. The van der Waals surface area contributed by atoms with Gasteiger partial charge >= 0.3 is 54.6 Å². The number of ether oxygens (including phenoxy) is 2. The smallest absolute Gasteiger partial charge is 0.490 e. The van der Waals surface area contributed by atoms with Crippen molar-refractivity contribution in [2.24, 2.45) is 17.2 Å². The van der Waals surface area contributed by atoms with Crippen molar-refractivity contribution in [3.8, 4) is 34.0 Å². The lowest BCUT2D eigenvalue weighted by Gasteiger charge is -2.32. The molecule has 0 radical (unpaired) electrons. The van der Waals surface area contributed by atoms with E-state index in [9.17, 15) is 81.8 Å². The molecule has 0 saturated carbocycles. The van der Waals surface area contributed by atoms with Crippen LogP contribution in [0.5, 0.6) is 11.5 Å². The molecule has 4 amide bonds. The van der Waals surface area contributed by atoms with Crippen LogP contribution in [-0.2, 0) is 44.8 Å². The summed E-state index contributed by atoms with van der Waals surface area (Å²) < 4.78 is 139. The van der Waals surface area contributed by atoms with Gasteiger partial charge in [-0.25, -0.2) is 33.9 Å². The molecule has 3 aromatic carbocycles. The first kappa shape index (κ1) is 81.3. The first-order chi connectivity index (χ1) is 42.2. The number of carbonyl (C=O) groups is 9. The van der Waals surface area contributed by atoms with Crippen molar-refractivity contribution >= 4 is 75.1 Å². The number of carboxylic acids is 5. The molecule has 5 rings (SSSR count). The maximum atomic E-state index is 14.6. The summed E-state index contributed by atoms with van der Waals surface area (Å²) >= 11 is 0. The summed E-state index contributed by atoms with van der Waals surface area (Å²) in [6.45, 7) is 10.2. The summed E-state index contributed by atoms with van der Waals surface area (Å²) in [7, 11) is 4.84. The van der Waals surface area contributed by atoms with Gasteiger partial charge in [0.2, 0.25) is 17.7 Å². The molecule has 4 bridgehead atoms. The minimum Gasteiger partial charge on any atom is -0.492 e. The molecule has 0 saturated heterocycles. The molecule has 0 unspecified atom stereocenters. The quantitative estimate of drug-likeness (QED) is 0.0443. The lowest BCUT2D eigenvalue weighted by Crippen LogP contribution is -2.55. The topological polar surface area (TPSA) is 416 Å². The second-order valence-corrected chi connectivity index (χ2v) is 22.4. The Balaban J connectivity index is 0.00000125. The molecule has 1 aromatic heterocycles. The zero-order valence-electron chi connectivity index (χ0n) is 48.8. The van der Waals surface area contributed by atoms with Crippen molar-refractivity contribution in [2.45, 2.75) is 106 Å². The normalized spacial score (nSPS) is 15.2. The van der Waals surface area contributed by atoms with Gasteiger partial charge in [0, 0.05) is 59.1 Å². The molecule has 0 aliphatic carbocycles. The molecule has 4 atom stereocenters. The van der Waals surface area contributed by atoms with Crippen molar-refractivity contribution in [1.82, 2.24) is 30.8 Å². The molecule has 0 fully saturated rings. The number of likely N-dealkylation sites (N-methyl/N-ethyl adjacent to an activating group) is 1. The summed E-state index contributed by atoms with van der Waals surface area (Å²) in [5.41, 5.74) is 20.6. The molecule has 2 heterocycles. The third-order valence-electron chi connectivity index (χ3n) is 10.9. The summed E-state index contributed by atoms with van der Waals surface area (Å²) in [6, 6.07) is 12.6. The number of halogens is 12. The SMILES string of the molecule is Cc1nc(-c2ccc(SSC(C)(C)C)cc2)ncc1C(=O)N[C@@H](CCN)C(=O)N(C)[C@@H]1C(=O)N[C@@H](C)C(=O)N[C@H](C(=O)O)Cc2ccc(OCCN)c(c2)-c2cc1ccc2OCCN.O=C(O)C(F)(F)F.O=C(O)C(F)(F)F.O=C(O)C(F)(F)F.O=C(O)C(F)(F)F. The van der Waals surface area contributed by atoms with Crippen LogP contribution in [0.4, 0.5) is 52.7 Å². The van der Waals surface area contributed by atoms with Gasteiger partial charge in [0.25, 0.3) is 5.91 Å². The summed E-state index contributed by atoms with van der Waals surface area (Å²) in [5.74, 6) is -14.0. The van der Waals surface area contributed by atoms with Gasteiger partial charge in [0.15, 0.2) is 5.82 Å². The van der Waals surface area contributed by atoms with E-state index in [1.165, 1.54) is 25.1 Å². The maximum Gasteiger partial charge on any atom is 0.490 e. The molecule has 0 spiro atoms. The molecule has 25 nitrogen and oxygen atoms in total. The van der Waals surface area contributed by atoms with Crippen molar-refractivity contribution in [1.29, 1.82) is 0 Å². The Hall–Kier alpha value is -8.69. The first-order valence-corrected chi connectivity index (χ1v) is 27.9. The summed E-state index contributed by atoms with van der Waals surface area (Å²) in [5, 5.41) is 46.6. The number of alkyl halides is 12. The van der Waals surface area contributed by atoms with Crippen LogP contribution in [0.2, 0.25) is 0 Å². The highest BCUT2D eigenvalue weighted by Gasteiger charge is 2.41. The van der Waals surface area contributed by atoms with Gasteiger partial charge in [-0.05, 0) is 74.3 Å². The Kier molecular flexibility index (Phi) is 31.6. The number of aliphatic carboxylic acids is 5. The standard InChI is InChI=1S/C45H57N9O8S2.4C2HF3O2/c1-25-33(24-49-39(50-25)28-8-11-30(12-9-28)63-64-45(3,4)5)41(56)52-34(15-16-46)43(58)54(6)38-29-10-14-37(62-20-18-48)32(23-29)31-21-27(7-13-36(31)61-19-17-47)22-35(44(59)60)53-40(55)26(2)51-42(38)57;4*3-2(4,5)1(6)7/h7-14,21,23-24,26,34-35,38H,15-20,22,46-48H2,1-6H3,(H,51,57)(H,52,56)(H,53,55)(H,59,60);4*(H,6,7)/t26-,34-,35-,38-;;;;/m0..../s1. The molecule has 14 N–H and O–H groups in total. The predicted octanol–water partition coefficient (Wildman–Crippen LogP) is 6.14. The van der Waals surface area contributed by atoms with E-state index < -0.39 is 102 Å². The number of aryl methyl sites for hydroxylation is 1. The number of benzene rings is 3. The number of carboxylic acid groups (broad SMARTS) is 5. The third kappa shape index (κ3) is 27.8. The Morgan fingerprint density at radius 3 is 1.55 bits per heavy atom. The number of hydrogen-bond acceptors (Lipinski definition) is 18. The van der Waals surface area contributed by atoms with Crippen LogP contribution < -0.4 is 42.6 Å². The third-order valence-corrected chi connectivity index (χ3v) is 14.3. The molecule has 39 heteroatoms. The molecular weight excluding hydrogens is 1310 g/mol. The van der Waals surface area contributed by atoms with Crippen molar-refractivity contribution in [3.05, 3.63) is 89.2 Å². The zero-order chi connectivity index (χ0) is 71.0. The number of rotatable bonds is 16. The monoisotopic (exact) mass is 1370 g/mol. The minimum atomic E-state index is -5.08. The molecule has 1 aliphatic heterocycles. The Morgan fingerprint density at radius 1 is 0.685 bits per heavy atom. The summed E-state index contributed by atoms with van der Waals surface area (Å²) in [4.78, 5) is 116. The van der Waals surface area contributed by atoms with Crippen LogP contribution in [0.25, 0.3) is 22.5 Å². The largest absolute Gasteiger partial charge is 0.492 e. The van der Waals surface area contributed by atoms with Crippen LogP contribution in [0.1, 0.15) is 67.3 Å². The van der Waals surface area contributed by atoms with E-state index in [4.69, 9.17) is 66.3 Å². The van der Waals surface area contributed by atoms with Crippen molar-refractivity contribution in [2.75, 3.05) is 39.9 Å². The average molecular weight is 1370 g/mol. The van der Waals surface area contributed by atoms with Gasteiger partial charge in [-0.1, -0.05) is 66.6 Å². The van der Waals surface area contributed by atoms with Crippen molar-refractivity contribution in [3.63, 3.8) is 0 Å². The van der Waals surface area contributed by atoms with Gasteiger partial charge in [-0.15, -0.1) is 0 Å². The van der Waals surface area contributed by atoms with Crippen LogP contribution in [0.3, 0.4) is 0 Å². The first-order valence-electron chi connectivity index (χ1n) is 25.8. The minimum absolute atomic E-state index is 0.000235. The molecule has 1 aliphatic rings. The van der Waals surface area contributed by atoms with E-state index in [-0.39, 0.29) is 56.0 Å². The van der Waals surface area contributed by atoms with Gasteiger partial charge in [-0.2, -0.15) is 52.7 Å². The van der Waals surface area contributed by atoms with E-state index in [1.54, 1.807) is 64.9 Å². The van der Waals surface area contributed by atoms with Gasteiger partial charge in [0.05, 0.1) is 11.3 Å². The number of fused-ring (bicyclic) bond motifs is 5. The number of amides is 4. The lowest BCUT2D eigenvalue weighted by molar-refractivity contribution is -0.193. The maximum absolute atomic E-state index is 14.6. The van der Waals surface area contributed by atoms with Crippen LogP contribution in [0, 0.1) is 6.92 Å². The van der Waals surface area contributed by atoms with Gasteiger partial charge in [-0.3, -0.25) is 19.2 Å². The molecule has 92 heavy (non-hydrogen) atoms. The number of aromatic nitrogens is 2. The highest BCUT2D eigenvalue weighted by Crippen LogP contribution is 2.42. The van der Waals surface area contributed by atoms with E-state index in [0.717, 1.165) is 10.5 Å². The molecule has 510 valence electrons. The molecular formula is C53H61F12N9O16S2. The number of hydrogen-bond donors (Lipinski definition) is 11. The highest BCUT2D eigenvalue weighted by atomic mass is 33.1. The van der Waals surface area contributed by atoms with Gasteiger partial charge < -0.3 is 73.1 Å². The molecule has 4 aromatic rings. The van der Waals surface area contributed by atoms with E-state index in [2.05, 4.69) is 46.7 Å². The number of nitrogens with one attached hydrogen (secondary N) is 3. The number of carbonyl (C=O) groups excluding carboxylic acids is 4. The Labute approximate surface area is 521 Å². The predicted molar refractivity (Wildman–Crippen MR) is 302 cm³/mol. The fraction of sp³-hybridized carbons (Fsp3) is 0.415. The van der Waals surface area contributed by atoms with E-state index in [0.29, 0.717) is 45.3 Å². The average Bonchev–Trinajstić information content (AvgIpc) is 0.804. The summed E-state index contributed by atoms with van der Waals surface area (Å²) in [6.07, 6.45) is -19.0.